The standard InChI is InChI=1S/C21H23ClN6O2/c1-12(2)18-26-20(30-27-18)14-8-6-7-13(3)16(14)24-19(29)17-15(22)11-23-21(25-17)28-9-4-5-10-28/h6-8,11-12H,4-5,9-10H2,1-3H3,(H,24,29). The van der Waals surface area contributed by atoms with E-state index in [4.69, 9.17) is 16.1 Å². The summed E-state index contributed by atoms with van der Waals surface area (Å²) in [5.41, 5.74) is 2.22. The Labute approximate surface area is 179 Å². The molecule has 0 radical (unpaired) electrons. The van der Waals surface area contributed by atoms with Gasteiger partial charge in [-0.15, -0.1) is 0 Å². The monoisotopic (exact) mass is 426 g/mol. The van der Waals surface area contributed by atoms with Crippen molar-refractivity contribution in [1.82, 2.24) is 20.1 Å². The van der Waals surface area contributed by atoms with E-state index in [0.717, 1.165) is 31.5 Å². The Morgan fingerprint density at radius 1 is 1.23 bits per heavy atom. The van der Waals surface area contributed by atoms with Crippen molar-refractivity contribution in [2.24, 2.45) is 0 Å². The Morgan fingerprint density at radius 3 is 2.70 bits per heavy atom. The van der Waals surface area contributed by atoms with Crippen molar-refractivity contribution in [2.75, 3.05) is 23.3 Å². The molecule has 1 saturated heterocycles. The van der Waals surface area contributed by atoms with Gasteiger partial charge in [0.25, 0.3) is 11.8 Å². The number of hydrogen-bond donors (Lipinski definition) is 1. The van der Waals surface area contributed by atoms with Crippen LogP contribution in [0, 0.1) is 6.92 Å². The van der Waals surface area contributed by atoms with Crippen molar-refractivity contribution in [2.45, 2.75) is 39.5 Å². The van der Waals surface area contributed by atoms with Crippen molar-refractivity contribution < 1.29 is 9.32 Å². The van der Waals surface area contributed by atoms with Gasteiger partial charge in [-0.25, -0.2) is 9.97 Å². The first-order chi connectivity index (χ1) is 14.4. The lowest BCUT2D eigenvalue weighted by atomic mass is 10.1. The van der Waals surface area contributed by atoms with Gasteiger partial charge in [0.05, 0.1) is 22.5 Å². The molecule has 0 spiro atoms. The van der Waals surface area contributed by atoms with Crippen LogP contribution in [-0.4, -0.2) is 39.1 Å². The number of aromatic nitrogens is 4. The van der Waals surface area contributed by atoms with Crippen LogP contribution in [-0.2, 0) is 0 Å². The van der Waals surface area contributed by atoms with E-state index in [2.05, 4.69) is 30.3 Å². The molecule has 0 unspecified atom stereocenters. The SMILES string of the molecule is Cc1cccc(-c2nc(C(C)C)no2)c1NC(=O)c1nc(N2CCCC2)ncc1Cl. The van der Waals surface area contributed by atoms with Gasteiger partial charge in [-0.3, -0.25) is 4.79 Å². The Kier molecular flexibility index (Phi) is 5.67. The maximum Gasteiger partial charge on any atom is 0.276 e. The maximum atomic E-state index is 13.1. The molecule has 0 atom stereocenters. The molecule has 1 aliphatic rings. The number of rotatable bonds is 5. The molecule has 4 rings (SSSR count). The number of amides is 1. The van der Waals surface area contributed by atoms with E-state index < -0.39 is 5.91 Å². The van der Waals surface area contributed by atoms with Gasteiger partial charge in [0, 0.05) is 19.0 Å². The number of nitrogens with one attached hydrogen (secondary N) is 1. The summed E-state index contributed by atoms with van der Waals surface area (Å²) in [4.78, 5) is 28.3. The smallest absolute Gasteiger partial charge is 0.276 e. The van der Waals surface area contributed by atoms with Gasteiger partial charge in [0.15, 0.2) is 11.5 Å². The Morgan fingerprint density at radius 2 is 2.00 bits per heavy atom. The predicted octanol–water partition coefficient (Wildman–Crippen LogP) is 4.46. The molecule has 1 amide bonds. The molecule has 1 aromatic carbocycles. The van der Waals surface area contributed by atoms with Gasteiger partial charge in [0.1, 0.15) is 0 Å². The van der Waals surface area contributed by atoms with Crippen molar-refractivity contribution in [3.8, 4) is 11.5 Å². The number of hydrogen-bond acceptors (Lipinski definition) is 7. The highest BCUT2D eigenvalue weighted by Crippen LogP contribution is 2.31. The number of carbonyl (C=O) groups is 1. The number of halogens is 1. The summed E-state index contributed by atoms with van der Waals surface area (Å²) in [5, 5.41) is 7.15. The minimum Gasteiger partial charge on any atom is -0.341 e. The minimum atomic E-state index is -0.415. The molecule has 0 saturated carbocycles. The summed E-state index contributed by atoms with van der Waals surface area (Å²) < 4.78 is 5.43. The highest BCUT2D eigenvalue weighted by Gasteiger charge is 2.22. The third-order valence-corrected chi connectivity index (χ3v) is 5.31. The van der Waals surface area contributed by atoms with Gasteiger partial charge >= 0.3 is 0 Å². The number of carbonyl (C=O) groups excluding carboxylic acids is 1. The Balaban J connectivity index is 1.66. The zero-order valence-corrected chi connectivity index (χ0v) is 17.9. The molecule has 0 bridgehead atoms. The van der Waals surface area contributed by atoms with E-state index in [-0.39, 0.29) is 16.6 Å². The van der Waals surface area contributed by atoms with Gasteiger partial charge in [-0.1, -0.05) is 42.7 Å². The molecule has 8 nitrogen and oxygen atoms in total. The number of nitrogens with zero attached hydrogens (tertiary/aromatic N) is 5. The van der Waals surface area contributed by atoms with Gasteiger partial charge < -0.3 is 14.7 Å². The molecular formula is C21H23ClN6O2. The molecule has 1 aliphatic heterocycles. The summed E-state index contributed by atoms with van der Waals surface area (Å²) in [6, 6.07) is 5.61. The number of aryl methyl sites for hydroxylation is 1. The Bertz CT molecular complexity index is 1080. The van der Waals surface area contributed by atoms with E-state index in [9.17, 15) is 4.79 Å². The van der Waals surface area contributed by atoms with Crippen LogP contribution >= 0.6 is 11.6 Å². The maximum absolute atomic E-state index is 13.1. The third kappa shape index (κ3) is 4.00. The van der Waals surface area contributed by atoms with E-state index in [0.29, 0.717) is 28.9 Å². The average Bonchev–Trinajstić information content (AvgIpc) is 3.42. The largest absolute Gasteiger partial charge is 0.341 e. The number of anilines is 2. The first-order valence-electron chi connectivity index (χ1n) is 9.96. The summed E-state index contributed by atoms with van der Waals surface area (Å²) in [5.74, 6) is 1.20. The van der Waals surface area contributed by atoms with Crippen LogP contribution < -0.4 is 10.2 Å². The summed E-state index contributed by atoms with van der Waals surface area (Å²) in [7, 11) is 0. The molecule has 156 valence electrons. The van der Waals surface area contributed by atoms with E-state index in [1.165, 1.54) is 6.20 Å². The van der Waals surface area contributed by atoms with E-state index in [1.807, 2.05) is 39.0 Å². The first kappa shape index (κ1) is 20.3. The molecule has 3 heterocycles. The third-order valence-electron chi connectivity index (χ3n) is 5.04. The molecule has 30 heavy (non-hydrogen) atoms. The lowest BCUT2D eigenvalue weighted by Gasteiger charge is -2.16. The predicted molar refractivity (Wildman–Crippen MR) is 115 cm³/mol. The molecule has 3 aromatic rings. The quantitative estimate of drug-likeness (QED) is 0.642. The second-order valence-corrected chi connectivity index (χ2v) is 8.03. The fraction of sp³-hybridized carbons (Fsp3) is 0.381. The summed E-state index contributed by atoms with van der Waals surface area (Å²) >= 11 is 6.25. The first-order valence-corrected chi connectivity index (χ1v) is 10.3. The van der Waals surface area contributed by atoms with Crippen LogP contribution in [0.15, 0.2) is 28.9 Å². The number of benzene rings is 1. The van der Waals surface area contributed by atoms with Gasteiger partial charge in [-0.2, -0.15) is 4.98 Å². The summed E-state index contributed by atoms with van der Waals surface area (Å²) in [6.45, 7) is 7.63. The van der Waals surface area contributed by atoms with Crippen molar-refractivity contribution in [3.63, 3.8) is 0 Å². The average molecular weight is 427 g/mol. The lowest BCUT2D eigenvalue weighted by Crippen LogP contribution is -2.23. The van der Waals surface area contributed by atoms with Crippen molar-refractivity contribution in [3.05, 3.63) is 46.5 Å². The number of para-hydroxylation sites is 1. The van der Waals surface area contributed by atoms with Crippen LogP contribution in [0.1, 0.15) is 54.5 Å². The van der Waals surface area contributed by atoms with Crippen molar-refractivity contribution >= 4 is 29.1 Å². The normalized spacial score (nSPS) is 13.8. The zero-order valence-electron chi connectivity index (χ0n) is 17.1. The second-order valence-electron chi connectivity index (χ2n) is 7.62. The molecular weight excluding hydrogens is 404 g/mol. The van der Waals surface area contributed by atoms with Crippen LogP contribution in [0.4, 0.5) is 11.6 Å². The molecule has 0 aliphatic carbocycles. The highest BCUT2D eigenvalue weighted by molar-refractivity contribution is 6.34. The van der Waals surface area contributed by atoms with Crippen molar-refractivity contribution in [1.29, 1.82) is 0 Å². The second kappa shape index (κ2) is 8.39. The van der Waals surface area contributed by atoms with E-state index >= 15 is 0 Å². The highest BCUT2D eigenvalue weighted by atomic mass is 35.5. The molecule has 1 N–H and O–H groups in total. The van der Waals surface area contributed by atoms with Gasteiger partial charge in [0.2, 0.25) is 5.95 Å². The van der Waals surface area contributed by atoms with E-state index in [1.54, 1.807) is 0 Å². The van der Waals surface area contributed by atoms with Crippen LogP contribution in [0.3, 0.4) is 0 Å². The molecule has 9 heteroatoms. The lowest BCUT2D eigenvalue weighted by molar-refractivity contribution is 0.102. The van der Waals surface area contributed by atoms with Gasteiger partial charge in [-0.05, 0) is 31.4 Å². The minimum absolute atomic E-state index is 0.134. The fourth-order valence-electron chi connectivity index (χ4n) is 3.35. The molecule has 1 fully saturated rings. The van der Waals surface area contributed by atoms with Crippen LogP contribution in [0.2, 0.25) is 5.02 Å². The topological polar surface area (TPSA) is 97.0 Å². The zero-order chi connectivity index (χ0) is 21.3. The summed E-state index contributed by atoms with van der Waals surface area (Å²) in [6.07, 6.45) is 3.65. The van der Waals surface area contributed by atoms with Crippen LogP contribution in [0.5, 0.6) is 0 Å². The fourth-order valence-corrected chi connectivity index (χ4v) is 3.53. The van der Waals surface area contributed by atoms with Crippen LogP contribution in [0.25, 0.3) is 11.5 Å². The molecule has 2 aromatic heterocycles. The Hall–Kier alpha value is -3.00.